The average molecular weight is 281 g/mol. The molecule has 0 aliphatic carbocycles. The molecule has 1 amide bonds. The molecule has 0 saturated carbocycles. The molecule has 0 radical (unpaired) electrons. The molecule has 21 heavy (non-hydrogen) atoms. The van der Waals surface area contributed by atoms with E-state index in [0.29, 0.717) is 5.92 Å². The molecule has 0 saturated heterocycles. The fourth-order valence-corrected chi connectivity index (χ4v) is 2.20. The highest BCUT2D eigenvalue weighted by molar-refractivity contribution is 5.83. The summed E-state index contributed by atoms with van der Waals surface area (Å²) < 4.78 is 0. The van der Waals surface area contributed by atoms with Crippen LogP contribution >= 0.6 is 0 Å². The van der Waals surface area contributed by atoms with Crippen LogP contribution in [0.3, 0.4) is 0 Å². The zero-order valence-electron chi connectivity index (χ0n) is 13.0. The predicted molar refractivity (Wildman–Crippen MR) is 88.1 cm³/mol. The number of hydrogen-bond acceptors (Lipinski definition) is 1. The van der Waals surface area contributed by atoms with Crippen LogP contribution in [0.4, 0.5) is 0 Å². The van der Waals surface area contributed by atoms with Crippen LogP contribution in [0, 0.1) is 5.92 Å². The molecule has 2 rings (SSSR count). The summed E-state index contributed by atoms with van der Waals surface area (Å²) in [7, 11) is 0. The van der Waals surface area contributed by atoms with E-state index >= 15 is 0 Å². The Balaban J connectivity index is 2.06. The molecule has 0 fully saturated rings. The topological polar surface area (TPSA) is 29.1 Å². The van der Waals surface area contributed by atoms with Crippen LogP contribution in [-0.4, -0.2) is 12.5 Å². The molecule has 2 aromatic rings. The fourth-order valence-electron chi connectivity index (χ4n) is 2.20. The monoisotopic (exact) mass is 281 g/mol. The van der Waals surface area contributed by atoms with Crippen LogP contribution in [0.25, 0.3) is 11.1 Å². The van der Waals surface area contributed by atoms with E-state index < -0.39 is 0 Å². The Bertz CT molecular complexity index is 572. The standard InChI is InChI=1S/C19H23NO/c1-14(2)13-20-19(21)15(3)16-9-11-18(12-10-16)17-7-5-4-6-8-17/h4-12,14-15H,13H2,1-3H3,(H,20,21). The van der Waals surface area contributed by atoms with Gasteiger partial charge in [-0.15, -0.1) is 0 Å². The first-order chi connectivity index (χ1) is 10.1. The maximum atomic E-state index is 12.1. The minimum absolute atomic E-state index is 0.0937. The summed E-state index contributed by atoms with van der Waals surface area (Å²) >= 11 is 0. The molecule has 0 heterocycles. The molecule has 1 N–H and O–H groups in total. The number of amides is 1. The lowest BCUT2D eigenvalue weighted by molar-refractivity contribution is -0.122. The molecule has 110 valence electrons. The third-order valence-electron chi connectivity index (χ3n) is 3.60. The second kappa shape index (κ2) is 7.07. The van der Waals surface area contributed by atoms with E-state index in [0.717, 1.165) is 12.1 Å². The Kier molecular flexibility index (Phi) is 5.15. The molecule has 2 heteroatoms. The summed E-state index contributed by atoms with van der Waals surface area (Å²) in [6.45, 7) is 6.87. The number of carbonyl (C=O) groups excluding carboxylic acids is 1. The van der Waals surface area contributed by atoms with E-state index in [2.05, 4.69) is 43.4 Å². The Morgan fingerprint density at radius 2 is 1.48 bits per heavy atom. The van der Waals surface area contributed by atoms with Gasteiger partial charge in [-0.25, -0.2) is 0 Å². The molecule has 2 aromatic carbocycles. The van der Waals surface area contributed by atoms with Crippen LogP contribution in [-0.2, 0) is 4.79 Å². The zero-order valence-corrected chi connectivity index (χ0v) is 13.0. The van der Waals surface area contributed by atoms with Gasteiger partial charge in [-0.2, -0.15) is 0 Å². The number of rotatable bonds is 5. The predicted octanol–water partition coefficient (Wildman–Crippen LogP) is 4.23. The van der Waals surface area contributed by atoms with Crippen LogP contribution in [0.1, 0.15) is 32.3 Å². The number of carbonyl (C=O) groups is 1. The van der Waals surface area contributed by atoms with Crippen LogP contribution < -0.4 is 5.32 Å². The van der Waals surface area contributed by atoms with Gasteiger partial charge in [0.05, 0.1) is 5.92 Å². The van der Waals surface area contributed by atoms with Crippen molar-refractivity contribution in [1.82, 2.24) is 5.32 Å². The van der Waals surface area contributed by atoms with Gasteiger partial charge in [0.25, 0.3) is 0 Å². The molecule has 2 nitrogen and oxygen atoms in total. The molecular formula is C19H23NO. The lowest BCUT2D eigenvalue weighted by atomic mass is 9.97. The van der Waals surface area contributed by atoms with Gasteiger partial charge in [0.1, 0.15) is 0 Å². The van der Waals surface area contributed by atoms with Gasteiger partial charge in [0.2, 0.25) is 5.91 Å². The van der Waals surface area contributed by atoms with E-state index in [1.165, 1.54) is 11.1 Å². The zero-order chi connectivity index (χ0) is 15.2. The summed E-state index contributed by atoms with van der Waals surface area (Å²) in [5.41, 5.74) is 3.42. The van der Waals surface area contributed by atoms with Crippen molar-refractivity contribution in [3.05, 3.63) is 60.2 Å². The Hall–Kier alpha value is -2.09. The van der Waals surface area contributed by atoms with Gasteiger partial charge in [-0.3, -0.25) is 4.79 Å². The second-order valence-electron chi connectivity index (χ2n) is 5.85. The number of benzene rings is 2. The van der Waals surface area contributed by atoms with E-state index in [1.807, 2.05) is 37.3 Å². The summed E-state index contributed by atoms with van der Waals surface area (Å²) in [5.74, 6) is 0.450. The highest BCUT2D eigenvalue weighted by Crippen LogP contribution is 2.22. The van der Waals surface area contributed by atoms with Crippen molar-refractivity contribution in [2.24, 2.45) is 5.92 Å². The average Bonchev–Trinajstić information content (AvgIpc) is 2.53. The van der Waals surface area contributed by atoms with Gasteiger partial charge in [-0.1, -0.05) is 68.4 Å². The molecule has 0 spiro atoms. The van der Waals surface area contributed by atoms with Crippen molar-refractivity contribution >= 4 is 5.91 Å². The molecule has 0 aromatic heterocycles. The van der Waals surface area contributed by atoms with Gasteiger partial charge in [0, 0.05) is 6.54 Å². The molecule has 0 aliphatic rings. The largest absolute Gasteiger partial charge is 0.355 e. The van der Waals surface area contributed by atoms with Crippen molar-refractivity contribution in [3.8, 4) is 11.1 Å². The summed E-state index contributed by atoms with van der Waals surface area (Å²) in [6.07, 6.45) is 0. The van der Waals surface area contributed by atoms with E-state index in [1.54, 1.807) is 0 Å². The highest BCUT2D eigenvalue weighted by Gasteiger charge is 2.15. The number of hydrogen-bond donors (Lipinski definition) is 1. The Morgan fingerprint density at radius 3 is 2.05 bits per heavy atom. The van der Waals surface area contributed by atoms with Gasteiger partial charge in [0.15, 0.2) is 0 Å². The third kappa shape index (κ3) is 4.19. The molecular weight excluding hydrogens is 258 g/mol. The first-order valence-corrected chi connectivity index (χ1v) is 7.51. The van der Waals surface area contributed by atoms with Gasteiger partial charge < -0.3 is 5.32 Å². The second-order valence-corrected chi connectivity index (χ2v) is 5.85. The fraction of sp³-hybridized carbons (Fsp3) is 0.316. The normalized spacial score (nSPS) is 12.2. The van der Waals surface area contributed by atoms with E-state index in [-0.39, 0.29) is 11.8 Å². The van der Waals surface area contributed by atoms with Crippen LogP contribution in [0.15, 0.2) is 54.6 Å². The minimum Gasteiger partial charge on any atom is -0.355 e. The van der Waals surface area contributed by atoms with E-state index in [9.17, 15) is 4.79 Å². The van der Waals surface area contributed by atoms with Gasteiger partial charge >= 0.3 is 0 Å². The van der Waals surface area contributed by atoms with Crippen molar-refractivity contribution in [3.63, 3.8) is 0 Å². The quantitative estimate of drug-likeness (QED) is 0.873. The van der Waals surface area contributed by atoms with Crippen molar-refractivity contribution in [1.29, 1.82) is 0 Å². The summed E-state index contributed by atoms with van der Waals surface area (Å²) in [4.78, 5) is 12.1. The summed E-state index contributed by atoms with van der Waals surface area (Å²) in [6, 6.07) is 18.5. The molecule has 0 aliphatic heterocycles. The maximum Gasteiger partial charge on any atom is 0.227 e. The SMILES string of the molecule is CC(C)CNC(=O)C(C)c1ccc(-c2ccccc2)cc1. The van der Waals surface area contributed by atoms with E-state index in [4.69, 9.17) is 0 Å². The number of nitrogens with one attached hydrogen (secondary N) is 1. The lowest BCUT2D eigenvalue weighted by Crippen LogP contribution is -2.31. The molecule has 1 atom stereocenters. The minimum atomic E-state index is -0.117. The summed E-state index contributed by atoms with van der Waals surface area (Å²) in [5, 5.41) is 2.99. The molecule has 1 unspecified atom stereocenters. The smallest absolute Gasteiger partial charge is 0.227 e. The maximum absolute atomic E-state index is 12.1. The van der Waals surface area contributed by atoms with Crippen LogP contribution in [0.2, 0.25) is 0 Å². The molecule has 0 bridgehead atoms. The highest BCUT2D eigenvalue weighted by atomic mass is 16.1. The first kappa shape index (κ1) is 15.3. The third-order valence-corrected chi connectivity index (χ3v) is 3.60. The van der Waals surface area contributed by atoms with Crippen LogP contribution in [0.5, 0.6) is 0 Å². The Labute approximate surface area is 127 Å². The Morgan fingerprint density at radius 1 is 0.905 bits per heavy atom. The first-order valence-electron chi connectivity index (χ1n) is 7.51. The van der Waals surface area contributed by atoms with Crippen molar-refractivity contribution in [2.75, 3.05) is 6.54 Å². The van der Waals surface area contributed by atoms with Gasteiger partial charge in [-0.05, 0) is 29.5 Å². The van der Waals surface area contributed by atoms with Crippen molar-refractivity contribution in [2.45, 2.75) is 26.7 Å². The van der Waals surface area contributed by atoms with Crippen molar-refractivity contribution < 1.29 is 4.79 Å². The lowest BCUT2D eigenvalue weighted by Gasteiger charge is -2.14.